The topological polar surface area (TPSA) is 32.5 Å². The molecule has 1 aromatic rings. The molecular formula is C13H23N3. The molecule has 0 atom stereocenters. The van der Waals surface area contributed by atoms with Crippen LogP contribution in [0.15, 0.2) is 24.3 Å². The van der Waals surface area contributed by atoms with Crippen molar-refractivity contribution in [2.75, 3.05) is 39.1 Å². The minimum atomic E-state index is 0.616. The Kier molecular flexibility index (Phi) is 5.29. The Morgan fingerprint density at radius 3 is 2.12 bits per heavy atom. The SMILES string of the molecule is CN(C)CCCN(C)c1ccc(CN)cc1. The second kappa shape index (κ2) is 6.51. The van der Waals surface area contributed by atoms with E-state index in [2.05, 4.69) is 55.2 Å². The molecule has 0 amide bonds. The molecule has 0 saturated heterocycles. The van der Waals surface area contributed by atoms with E-state index in [-0.39, 0.29) is 0 Å². The van der Waals surface area contributed by atoms with Crippen molar-refractivity contribution in [3.63, 3.8) is 0 Å². The third-order valence-corrected chi connectivity index (χ3v) is 2.71. The largest absolute Gasteiger partial charge is 0.375 e. The molecule has 1 rings (SSSR count). The number of nitrogens with zero attached hydrogens (tertiary/aromatic N) is 2. The Morgan fingerprint density at radius 1 is 1.00 bits per heavy atom. The van der Waals surface area contributed by atoms with E-state index in [0.29, 0.717) is 6.54 Å². The van der Waals surface area contributed by atoms with Crippen LogP contribution in [0.2, 0.25) is 0 Å². The van der Waals surface area contributed by atoms with E-state index < -0.39 is 0 Å². The third-order valence-electron chi connectivity index (χ3n) is 2.71. The van der Waals surface area contributed by atoms with E-state index in [1.54, 1.807) is 0 Å². The molecule has 0 aliphatic rings. The number of nitrogens with two attached hydrogens (primary N) is 1. The molecule has 0 saturated carbocycles. The van der Waals surface area contributed by atoms with Crippen molar-refractivity contribution < 1.29 is 0 Å². The van der Waals surface area contributed by atoms with Crippen molar-refractivity contribution in [1.82, 2.24) is 4.90 Å². The van der Waals surface area contributed by atoms with Gasteiger partial charge in [-0.1, -0.05) is 12.1 Å². The number of rotatable bonds is 6. The zero-order valence-corrected chi connectivity index (χ0v) is 10.6. The van der Waals surface area contributed by atoms with Gasteiger partial charge in [0.25, 0.3) is 0 Å². The maximum Gasteiger partial charge on any atom is 0.0363 e. The number of anilines is 1. The van der Waals surface area contributed by atoms with Gasteiger partial charge in [0.2, 0.25) is 0 Å². The van der Waals surface area contributed by atoms with Crippen molar-refractivity contribution in [3.8, 4) is 0 Å². The monoisotopic (exact) mass is 221 g/mol. The van der Waals surface area contributed by atoms with Crippen LogP contribution in [0.1, 0.15) is 12.0 Å². The Hall–Kier alpha value is -1.06. The van der Waals surface area contributed by atoms with Gasteiger partial charge < -0.3 is 15.5 Å². The van der Waals surface area contributed by atoms with Gasteiger partial charge in [-0.2, -0.15) is 0 Å². The van der Waals surface area contributed by atoms with Crippen LogP contribution in [0.4, 0.5) is 5.69 Å². The van der Waals surface area contributed by atoms with Crippen LogP contribution in [-0.2, 0) is 6.54 Å². The van der Waals surface area contributed by atoms with Crippen LogP contribution < -0.4 is 10.6 Å². The minimum Gasteiger partial charge on any atom is -0.375 e. The van der Waals surface area contributed by atoms with Crippen LogP contribution in [0, 0.1) is 0 Å². The maximum absolute atomic E-state index is 5.57. The third kappa shape index (κ3) is 4.21. The second-order valence-corrected chi connectivity index (χ2v) is 4.45. The normalized spacial score (nSPS) is 10.8. The van der Waals surface area contributed by atoms with Crippen LogP contribution in [0.5, 0.6) is 0 Å². The molecule has 3 heteroatoms. The Balaban J connectivity index is 2.43. The van der Waals surface area contributed by atoms with Gasteiger partial charge >= 0.3 is 0 Å². The van der Waals surface area contributed by atoms with Gasteiger partial charge in [-0.3, -0.25) is 0 Å². The van der Waals surface area contributed by atoms with Gasteiger partial charge in [0, 0.05) is 25.8 Å². The molecular weight excluding hydrogens is 198 g/mol. The van der Waals surface area contributed by atoms with Crippen LogP contribution in [0.3, 0.4) is 0 Å². The molecule has 0 aliphatic heterocycles. The molecule has 90 valence electrons. The standard InChI is InChI=1S/C13H23N3/c1-15(2)9-4-10-16(3)13-7-5-12(11-14)6-8-13/h5-8H,4,9-11,14H2,1-3H3. The van der Waals surface area contributed by atoms with Crippen molar-refractivity contribution in [3.05, 3.63) is 29.8 Å². The highest BCUT2D eigenvalue weighted by Crippen LogP contribution is 2.13. The fraction of sp³-hybridized carbons (Fsp3) is 0.538. The molecule has 1 aromatic carbocycles. The summed E-state index contributed by atoms with van der Waals surface area (Å²) in [5.74, 6) is 0. The average molecular weight is 221 g/mol. The lowest BCUT2D eigenvalue weighted by Crippen LogP contribution is -2.23. The van der Waals surface area contributed by atoms with Gasteiger partial charge in [0.05, 0.1) is 0 Å². The average Bonchev–Trinajstić information content (AvgIpc) is 2.28. The van der Waals surface area contributed by atoms with E-state index in [0.717, 1.165) is 13.1 Å². The smallest absolute Gasteiger partial charge is 0.0363 e. The first kappa shape index (κ1) is 13.0. The van der Waals surface area contributed by atoms with Crippen LogP contribution in [0.25, 0.3) is 0 Å². The first-order valence-electron chi connectivity index (χ1n) is 5.78. The second-order valence-electron chi connectivity index (χ2n) is 4.45. The van der Waals surface area contributed by atoms with Crippen LogP contribution in [-0.4, -0.2) is 39.1 Å². The molecule has 0 radical (unpaired) electrons. The molecule has 16 heavy (non-hydrogen) atoms. The van der Waals surface area contributed by atoms with Crippen LogP contribution >= 0.6 is 0 Å². The highest BCUT2D eigenvalue weighted by Gasteiger charge is 2.00. The summed E-state index contributed by atoms with van der Waals surface area (Å²) in [5, 5.41) is 0. The van der Waals surface area contributed by atoms with Gasteiger partial charge in [0.15, 0.2) is 0 Å². The fourth-order valence-corrected chi connectivity index (χ4v) is 1.64. The highest BCUT2D eigenvalue weighted by atomic mass is 15.1. The van der Waals surface area contributed by atoms with E-state index in [1.807, 2.05) is 0 Å². The molecule has 0 aliphatic carbocycles. The lowest BCUT2D eigenvalue weighted by atomic mass is 10.2. The van der Waals surface area contributed by atoms with Gasteiger partial charge in [-0.15, -0.1) is 0 Å². The molecule has 0 spiro atoms. The summed E-state index contributed by atoms with van der Waals surface area (Å²) < 4.78 is 0. The molecule has 0 bridgehead atoms. The van der Waals surface area contributed by atoms with E-state index in [4.69, 9.17) is 5.73 Å². The van der Waals surface area contributed by atoms with E-state index in [1.165, 1.54) is 17.7 Å². The van der Waals surface area contributed by atoms with Gasteiger partial charge in [0.1, 0.15) is 0 Å². The Bertz CT molecular complexity index is 293. The molecule has 0 fully saturated rings. The summed E-state index contributed by atoms with van der Waals surface area (Å²) in [6, 6.07) is 8.46. The number of hydrogen-bond acceptors (Lipinski definition) is 3. The zero-order chi connectivity index (χ0) is 12.0. The van der Waals surface area contributed by atoms with Crippen molar-refractivity contribution in [2.24, 2.45) is 5.73 Å². The fourth-order valence-electron chi connectivity index (χ4n) is 1.64. The maximum atomic E-state index is 5.57. The summed E-state index contributed by atoms with van der Waals surface area (Å²) in [5.41, 5.74) is 8.02. The molecule has 3 nitrogen and oxygen atoms in total. The summed E-state index contributed by atoms with van der Waals surface area (Å²) in [7, 11) is 6.35. The van der Waals surface area contributed by atoms with E-state index in [9.17, 15) is 0 Å². The first-order chi connectivity index (χ1) is 7.63. The summed E-state index contributed by atoms with van der Waals surface area (Å²) in [6.45, 7) is 2.83. The lowest BCUT2D eigenvalue weighted by Gasteiger charge is -2.20. The minimum absolute atomic E-state index is 0.616. The van der Waals surface area contributed by atoms with E-state index >= 15 is 0 Å². The summed E-state index contributed by atoms with van der Waals surface area (Å²) in [4.78, 5) is 4.50. The Labute approximate surface area is 98.8 Å². The summed E-state index contributed by atoms with van der Waals surface area (Å²) >= 11 is 0. The van der Waals surface area contributed by atoms with Crippen molar-refractivity contribution >= 4 is 5.69 Å². The predicted molar refractivity (Wildman–Crippen MR) is 70.8 cm³/mol. The number of benzene rings is 1. The van der Waals surface area contributed by atoms with Gasteiger partial charge in [-0.25, -0.2) is 0 Å². The molecule has 0 aromatic heterocycles. The Morgan fingerprint density at radius 2 is 1.62 bits per heavy atom. The quantitative estimate of drug-likeness (QED) is 0.791. The molecule has 0 unspecified atom stereocenters. The highest BCUT2D eigenvalue weighted by molar-refractivity contribution is 5.46. The van der Waals surface area contributed by atoms with Crippen molar-refractivity contribution in [1.29, 1.82) is 0 Å². The van der Waals surface area contributed by atoms with Gasteiger partial charge in [-0.05, 0) is 44.8 Å². The molecule has 0 heterocycles. The van der Waals surface area contributed by atoms with Crippen molar-refractivity contribution in [2.45, 2.75) is 13.0 Å². The lowest BCUT2D eigenvalue weighted by molar-refractivity contribution is 0.401. The zero-order valence-electron chi connectivity index (χ0n) is 10.6. The summed E-state index contributed by atoms with van der Waals surface area (Å²) in [6.07, 6.45) is 1.18. The number of hydrogen-bond donors (Lipinski definition) is 1. The molecule has 2 N–H and O–H groups in total. The first-order valence-corrected chi connectivity index (χ1v) is 5.78. The predicted octanol–water partition coefficient (Wildman–Crippen LogP) is 1.53.